The highest BCUT2D eigenvalue weighted by Crippen LogP contribution is 2.27. The number of rotatable bonds is 29. The first-order valence-electron chi connectivity index (χ1n) is 25.2. The maximum Gasteiger partial charge on any atom is 0.326 e. The fraction of sp³-hybridized carbons (Fsp3) is 0.708. The summed E-state index contributed by atoms with van der Waals surface area (Å²) in [6.45, 7) is 14.4. The van der Waals surface area contributed by atoms with Crippen LogP contribution in [0.15, 0.2) is 12.5 Å². The Morgan fingerprint density at radius 2 is 1.26 bits per heavy atom. The second kappa shape index (κ2) is 28.5. The van der Waals surface area contributed by atoms with Crippen molar-refractivity contribution in [1.82, 2.24) is 51.7 Å². The molecular weight excluding hydrogens is 953 g/mol. The average Bonchev–Trinajstić information content (AvgIpc) is 4.15. The van der Waals surface area contributed by atoms with Crippen LogP contribution >= 0.6 is 0 Å². The van der Waals surface area contributed by atoms with Crippen LogP contribution in [0, 0.1) is 23.7 Å². The molecule has 0 aromatic carbocycles. The van der Waals surface area contributed by atoms with E-state index in [9.17, 15) is 57.8 Å². The number of aromatic amines is 1. The Morgan fingerprint density at radius 1 is 0.699 bits per heavy atom. The number of H-pyrrole nitrogens is 1. The zero-order chi connectivity index (χ0) is 54.9. The van der Waals surface area contributed by atoms with Gasteiger partial charge in [-0.2, -0.15) is 0 Å². The van der Waals surface area contributed by atoms with Crippen LogP contribution in [0.2, 0.25) is 0 Å². The Labute approximate surface area is 425 Å². The number of nitrogens with zero attached hydrogens (tertiary/aromatic N) is 3. The second-order valence-electron chi connectivity index (χ2n) is 20.0. The first-order valence-corrected chi connectivity index (χ1v) is 25.2. The number of aromatic nitrogens is 2. The van der Waals surface area contributed by atoms with Crippen LogP contribution in [0.25, 0.3) is 0 Å². The van der Waals surface area contributed by atoms with Gasteiger partial charge in [-0.15, -0.1) is 0 Å². The fourth-order valence-corrected chi connectivity index (χ4v) is 8.73. The average molecular weight is 1030 g/mol. The highest BCUT2D eigenvalue weighted by molar-refractivity contribution is 5.99. The zero-order valence-corrected chi connectivity index (χ0v) is 43.2. The van der Waals surface area contributed by atoms with Crippen LogP contribution in [0.5, 0.6) is 0 Å². The maximum absolute atomic E-state index is 14.5. The summed E-state index contributed by atoms with van der Waals surface area (Å²) in [4.78, 5) is 156. The van der Waals surface area contributed by atoms with Gasteiger partial charge < -0.3 is 68.4 Å². The number of nitrogens with one attached hydrogen (secondary N) is 7. The Bertz CT molecular complexity index is 2120. The molecule has 0 unspecified atom stereocenters. The van der Waals surface area contributed by atoms with Crippen molar-refractivity contribution in [2.75, 3.05) is 13.1 Å². The molecule has 2 aliphatic rings. The number of carbonyl (C=O) groups excluding carboxylic acids is 9. The van der Waals surface area contributed by atoms with Crippen molar-refractivity contribution in [3.8, 4) is 0 Å². The van der Waals surface area contributed by atoms with Crippen molar-refractivity contribution in [3.05, 3.63) is 18.2 Å². The lowest BCUT2D eigenvalue weighted by molar-refractivity contribution is -0.149. The van der Waals surface area contributed by atoms with Crippen LogP contribution in [0.4, 0.5) is 0 Å². The van der Waals surface area contributed by atoms with Crippen LogP contribution in [-0.2, 0) is 59.2 Å². The van der Waals surface area contributed by atoms with Crippen molar-refractivity contribution in [2.45, 2.75) is 180 Å². The number of likely N-dealkylation sites (tertiary alicyclic amines) is 2. The summed E-state index contributed by atoms with van der Waals surface area (Å²) in [6.07, 6.45) is 3.38. The minimum atomic E-state index is -1.61. The molecule has 2 aliphatic heterocycles. The quantitative estimate of drug-likeness (QED) is 0.0449. The van der Waals surface area contributed by atoms with Gasteiger partial charge in [0.1, 0.15) is 48.3 Å². The van der Waals surface area contributed by atoms with Crippen molar-refractivity contribution in [3.63, 3.8) is 0 Å². The van der Waals surface area contributed by atoms with Gasteiger partial charge >= 0.3 is 11.9 Å². The van der Waals surface area contributed by atoms with Gasteiger partial charge in [0.25, 0.3) is 0 Å². The number of carboxylic acid groups (broad SMARTS) is 2. The van der Waals surface area contributed by atoms with Gasteiger partial charge in [-0.05, 0) is 62.2 Å². The Balaban J connectivity index is 1.85. The molecule has 3 rings (SSSR count). The molecule has 2 fully saturated rings. The van der Waals surface area contributed by atoms with Gasteiger partial charge in [-0.1, -0.05) is 68.2 Å². The third kappa shape index (κ3) is 17.8. The van der Waals surface area contributed by atoms with Crippen LogP contribution in [-0.4, -0.2) is 163 Å². The summed E-state index contributed by atoms with van der Waals surface area (Å²) in [5, 5.41) is 34.3. The minimum Gasteiger partial charge on any atom is -0.481 e. The van der Waals surface area contributed by atoms with E-state index in [0.29, 0.717) is 31.4 Å². The Morgan fingerprint density at radius 3 is 1.81 bits per heavy atom. The van der Waals surface area contributed by atoms with E-state index in [1.807, 2.05) is 20.8 Å². The van der Waals surface area contributed by atoms with E-state index in [0.717, 1.165) is 0 Å². The Hall–Kier alpha value is -6.66. The number of primary amides is 1. The summed E-state index contributed by atoms with van der Waals surface area (Å²) in [5.41, 5.74) is 12.0. The summed E-state index contributed by atoms with van der Waals surface area (Å²) >= 11 is 0. The molecule has 1 aromatic heterocycles. The number of aliphatic carboxylic acids is 2. The first kappa shape index (κ1) is 60.6. The standard InChI is InChI=1S/C48H78N12O13/c1-9-26(7)37(50)44(68)56-30(19-24(3)4)40(64)55-32(21-35(49)61)41(65)54-31(20-28-22-51-23-52-28)42(66)58-39(27(8)10-2)45(69)57-38(25(5)6)47(71)60-18-12-14-34(60)46(70)59-17-11-13-33(59)43(67)53-29(48(72)73)15-16-36(62)63/h22-27,29-34,37-39H,9-21,50H2,1-8H3,(H2,49,61)(H,51,52)(H,53,67)(H,54,65)(H,55,64)(H,56,68)(H,57,69)(H,58,66)(H,62,63)(H,72,73)/t26-,27-,29-,30-,31-,32-,33-,34-,37-,38-,39-/m0/s1. The number of carbonyl (C=O) groups is 11. The molecule has 25 heteroatoms. The van der Waals surface area contributed by atoms with E-state index in [-0.39, 0.29) is 57.0 Å². The third-order valence-electron chi connectivity index (χ3n) is 13.5. The molecule has 3 heterocycles. The zero-order valence-electron chi connectivity index (χ0n) is 43.2. The summed E-state index contributed by atoms with van der Waals surface area (Å²) in [7, 11) is 0. The smallest absolute Gasteiger partial charge is 0.326 e. The molecule has 73 heavy (non-hydrogen) atoms. The van der Waals surface area contributed by atoms with E-state index in [1.165, 1.54) is 22.3 Å². The predicted octanol–water partition coefficient (Wildman–Crippen LogP) is -1.21. The monoisotopic (exact) mass is 1030 g/mol. The minimum absolute atomic E-state index is 0.106. The highest BCUT2D eigenvalue weighted by Gasteiger charge is 2.45. The normalized spacial score (nSPS) is 19.3. The highest BCUT2D eigenvalue weighted by atomic mass is 16.4. The number of hydrogen-bond acceptors (Lipinski definition) is 13. The lowest BCUT2D eigenvalue weighted by Gasteiger charge is -2.35. The van der Waals surface area contributed by atoms with Crippen LogP contribution in [0.3, 0.4) is 0 Å². The van der Waals surface area contributed by atoms with E-state index < -0.39 is 144 Å². The molecule has 25 nitrogen and oxygen atoms in total. The molecule has 2 saturated heterocycles. The molecule has 13 N–H and O–H groups in total. The summed E-state index contributed by atoms with van der Waals surface area (Å²) < 4.78 is 0. The second-order valence-corrected chi connectivity index (χ2v) is 20.0. The topological polar surface area (TPSA) is 388 Å². The summed E-state index contributed by atoms with van der Waals surface area (Å²) in [6, 6.07) is -11.2. The molecular formula is C48H78N12O13. The number of nitrogens with two attached hydrogens (primary N) is 2. The molecule has 0 bridgehead atoms. The predicted molar refractivity (Wildman–Crippen MR) is 263 cm³/mol. The van der Waals surface area contributed by atoms with Crippen LogP contribution < -0.4 is 43.4 Å². The molecule has 408 valence electrons. The van der Waals surface area contributed by atoms with Crippen LogP contribution in [0.1, 0.15) is 125 Å². The Kier molecular flexibility index (Phi) is 23.7. The van der Waals surface area contributed by atoms with E-state index in [4.69, 9.17) is 16.6 Å². The van der Waals surface area contributed by atoms with Gasteiger partial charge in [0.05, 0.1) is 18.8 Å². The van der Waals surface area contributed by atoms with E-state index >= 15 is 0 Å². The van der Waals surface area contributed by atoms with Crippen molar-refractivity contribution in [1.29, 1.82) is 0 Å². The van der Waals surface area contributed by atoms with E-state index in [1.54, 1.807) is 34.6 Å². The fourth-order valence-electron chi connectivity index (χ4n) is 8.73. The SMILES string of the molecule is CC[C@H](C)[C@H](N)C(=O)N[C@@H](CC(C)C)C(=O)N[C@@H](CC(N)=O)C(=O)N[C@@H](Cc1cnc[nH]1)C(=O)N[C@H](C(=O)N[C@H](C(=O)N1CCC[C@H]1C(=O)N1CCC[C@H]1C(=O)N[C@@H](CCC(=O)O)C(=O)O)C(C)C)[C@@H](C)CC. The third-order valence-corrected chi connectivity index (χ3v) is 13.5. The molecule has 0 saturated carbocycles. The molecule has 11 atom stereocenters. The van der Waals surface area contributed by atoms with Gasteiger partial charge in [-0.3, -0.25) is 47.9 Å². The number of amides is 9. The summed E-state index contributed by atoms with van der Waals surface area (Å²) in [5.74, 6) is -10.9. The number of imidazole rings is 1. The van der Waals surface area contributed by atoms with Crippen molar-refractivity contribution in [2.24, 2.45) is 35.1 Å². The van der Waals surface area contributed by atoms with Crippen molar-refractivity contribution >= 4 is 65.1 Å². The molecule has 9 amide bonds. The number of carboxylic acids is 2. The molecule has 0 radical (unpaired) electrons. The largest absolute Gasteiger partial charge is 0.481 e. The lowest BCUT2D eigenvalue weighted by atomic mass is 9.95. The molecule has 0 aliphatic carbocycles. The van der Waals surface area contributed by atoms with Gasteiger partial charge in [0, 0.05) is 37.8 Å². The van der Waals surface area contributed by atoms with Gasteiger partial charge in [-0.25, -0.2) is 9.78 Å². The maximum atomic E-state index is 14.5. The molecule has 0 spiro atoms. The van der Waals surface area contributed by atoms with Gasteiger partial charge in [0.15, 0.2) is 0 Å². The van der Waals surface area contributed by atoms with Crippen molar-refractivity contribution < 1.29 is 63.0 Å². The van der Waals surface area contributed by atoms with Gasteiger partial charge in [0.2, 0.25) is 53.2 Å². The van der Waals surface area contributed by atoms with E-state index in [2.05, 4.69) is 41.9 Å². The lowest BCUT2D eigenvalue weighted by Crippen LogP contribution is -2.62. The number of hydrogen-bond donors (Lipinski definition) is 11. The molecule has 1 aromatic rings. The first-order chi connectivity index (χ1) is 34.3.